The van der Waals surface area contributed by atoms with E-state index in [1.165, 1.54) is 16.8 Å². The predicted molar refractivity (Wildman–Crippen MR) is 87.2 cm³/mol. The molecule has 2 N–H and O–H groups in total. The van der Waals surface area contributed by atoms with Crippen LogP contribution >= 0.6 is 0 Å². The van der Waals surface area contributed by atoms with Crippen LogP contribution in [0.2, 0.25) is 0 Å². The van der Waals surface area contributed by atoms with Crippen molar-refractivity contribution in [3.05, 3.63) is 69.0 Å². The minimum atomic E-state index is -0.914. The van der Waals surface area contributed by atoms with Crippen molar-refractivity contribution >= 4 is 5.97 Å². The smallest absolute Gasteiger partial charge is 0.338 e. The minimum Gasteiger partial charge on any atom is -0.456 e. The Kier molecular flexibility index (Phi) is 4.82. The number of hydrogen-bond donors (Lipinski definition) is 2. The summed E-state index contributed by atoms with van der Waals surface area (Å²) in [7, 11) is 0. The van der Waals surface area contributed by atoms with Gasteiger partial charge < -0.3 is 14.6 Å². The zero-order valence-corrected chi connectivity index (χ0v) is 13.5. The van der Waals surface area contributed by atoms with E-state index in [0.29, 0.717) is 5.56 Å². The number of nitrogens with one attached hydrogen (secondary N) is 1. The quantitative estimate of drug-likeness (QED) is 0.777. The Morgan fingerprint density at radius 2 is 2.04 bits per heavy atom. The van der Waals surface area contributed by atoms with Crippen molar-refractivity contribution in [3.8, 4) is 0 Å². The number of carbonyl (C=O) groups is 1. The van der Waals surface area contributed by atoms with Crippen molar-refractivity contribution in [2.45, 2.75) is 37.9 Å². The number of nitrogens with zero attached hydrogens (tertiary/aromatic N) is 1. The second-order valence-electron chi connectivity index (χ2n) is 5.85. The normalized spacial score (nSPS) is 24.0. The largest absolute Gasteiger partial charge is 0.456 e. The molecule has 1 fully saturated rings. The molecule has 0 saturated carbocycles. The molecule has 0 bridgehead atoms. The van der Waals surface area contributed by atoms with Gasteiger partial charge in [-0.25, -0.2) is 9.59 Å². The monoisotopic (exact) mass is 346 g/mol. The SMILES string of the molecule is CC(OC(=O)c1ccccc1)[C@H]1O[C@@H](n2ccc(=O)[nH]c2=O)C[C@@H]1O. The van der Waals surface area contributed by atoms with Gasteiger partial charge >= 0.3 is 11.7 Å². The Bertz CT molecular complexity index is 859. The zero-order valence-electron chi connectivity index (χ0n) is 13.5. The molecule has 1 aromatic heterocycles. The molecule has 8 heteroatoms. The molecule has 8 nitrogen and oxygen atoms in total. The van der Waals surface area contributed by atoms with Gasteiger partial charge in [0.15, 0.2) is 0 Å². The van der Waals surface area contributed by atoms with Crippen LogP contribution in [0, 0.1) is 0 Å². The van der Waals surface area contributed by atoms with E-state index in [1.807, 2.05) is 0 Å². The van der Waals surface area contributed by atoms with Crippen molar-refractivity contribution in [3.63, 3.8) is 0 Å². The Hall–Kier alpha value is -2.71. The number of aliphatic hydroxyl groups is 1. The lowest BCUT2D eigenvalue weighted by atomic mass is 10.1. The topological polar surface area (TPSA) is 111 Å². The van der Waals surface area contributed by atoms with E-state index >= 15 is 0 Å². The first-order chi connectivity index (χ1) is 12.0. The molecule has 1 saturated heterocycles. The first kappa shape index (κ1) is 17.1. The maximum absolute atomic E-state index is 12.1. The number of esters is 1. The van der Waals surface area contributed by atoms with Gasteiger partial charge in [0, 0.05) is 18.7 Å². The average Bonchev–Trinajstić information content (AvgIpc) is 2.97. The predicted octanol–water partition coefficient (Wildman–Crippen LogP) is 0.430. The zero-order chi connectivity index (χ0) is 18.0. The van der Waals surface area contributed by atoms with E-state index in [-0.39, 0.29) is 6.42 Å². The first-order valence-corrected chi connectivity index (χ1v) is 7.87. The average molecular weight is 346 g/mol. The Balaban J connectivity index is 1.70. The maximum atomic E-state index is 12.1. The number of aromatic nitrogens is 2. The lowest BCUT2D eigenvalue weighted by Gasteiger charge is -2.22. The van der Waals surface area contributed by atoms with Crippen LogP contribution in [0.5, 0.6) is 0 Å². The summed E-state index contributed by atoms with van der Waals surface area (Å²) in [5.74, 6) is -0.520. The van der Waals surface area contributed by atoms with E-state index in [0.717, 1.165) is 0 Å². The van der Waals surface area contributed by atoms with Crippen molar-refractivity contribution < 1.29 is 19.4 Å². The molecule has 4 atom stereocenters. The lowest BCUT2D eigenvalue weighted by molar-refractivity contribution is -0.0842. The standard InChI is InChI=1S/C17H18N2O6/c1-10(24-16(22)11-5-3-2-4-6-11)15-12(20)9-14(25-15)19-8-7-13(21)18-17(19)23/h2-8,10,12,14-15,20H,9H2,1H3,(H,18,21,23)/t10?,12-,14+,15+/m0/s1. The van der Waals surface area contributed by atoms with Gasteiger partial charge in [-0.3, -0.25) is 14.3 Å². The third kappa shape index (κ3) is 3.70. The molecular weight excluding hydrogens is 328 g/mol. The van der Waals surface area contributed by atoms with Crippen molar-refractivity contribution in [1.82, 2.24) is 9.55 Å². The van der Waals surface area contributed by atoms with Gasteiger partial charge in [0.2, 0.25) is 0 Å². The number of rotatable bonds is 4. The molecule has 132 valence electrons. The van der Waals surface area contributed by atoms with E-state index in [2.05, 4.69) is 4.98 Å². The summed E-state index contributed by atoms with van der Waals surface area (Å²) in [5, 5.41) is 10.2. The van der Waals surface area contributed by atoms with Crippen LogP contribution in [0.3, 0.4) is 0 Å². The Morgan fingerprint density at radius 1 is 1.32 bits per heavy atom. The fourth-order valence-electron chi connectivity index (χ4n) is 2.80. The molecule has 1 aliphatic heterocycles. The summed E-state index contributed by atoms with van der Waals surface area (Å²) in [5.41, 5.74) is -0.740. The number of ether oxygens (including phenoxy) is 2. The third-order valence-electron chi connectivity index (χ3n) is 4.06. The summed E-state index contributed by atoms with van der Waals surface area (Å²) in [6.07, 6.45) is -1.71. The molecule has 25 heavy (non-hydrogen) atoms. The Morgan fingerprint density at radius 3 is 2.72 bits per heavy atom. The van der Waals surface area contributed by atoms with Crippen LogP contribution in [0.4, 0.5) is 0 Å². The number of benzene rings is 1. The van der Waals surface area contributed by atoms with Crippen molar-refractivity contribution in [2.75, 3.05) is 0 Å². The molecule has 0 radical (unpaired) electrons. The summed E-state index contributed by atoms with van der Waals surface area (Å²) < 4.78 is 12.2. The fraction of sp³-hybridized carbons (Fsp3) is 0.353. The fourth-order valence-corrected chi connectivity index (χ4v) is 2.80. The summed E-state index contributed by atoms with van der Waals surface area (Å²) in [4.78, 5) is 37.2. The van der Waals surface area contributed by atoms with Gasteiger partial charge in [0.05, 0.1) is 11.7 Å². The van der Waals surface area contributed by atoms with Crippen LogP contribution in [0.25, 0.3) is 0 Å². The highest BCUT2D eigenvalue weighted by Crippen LogP contribution is 2.30. The highest BCUT2D eigenvalue weighted by atomic mass is 16.6. The van der Waals surface area contributed by atoms with Gasteiger partial charge in [-0.1, -0.05) is 18.2 Å². The van der Waals surface area contributed by atoms with E-state index in [9.17, 15) is 19.5 Å². The van der Waals surface area contributed by atoms with Crippen LogP contribution in [0.1, 0.15) is 29.9 Å². The molecule has 0 aliphatic carbocycles. The number of aliphatic hydroxyl groups excluding tert-OH is 1. The third-order valence-corrected chi connectivity index (χ3v) is 4.06. The molecule has 0 amide bonds. The molecular formula is C17H18N2O6. The van der Waals surface area contributed by atoms with Crippen LogP contribution in [-0.2, 0) is 9.47 Å². The van der Waals surface area contributed by atoms with Gasteiger partial charge in [-0.2, -0.15) is 0 Å². The van der Waals surface area contributed by atoms with Gasteiger partial charge in [0.1, 0.15) is 18.4 Å². The van der Waals surface area contributed by atoms with Crippen LogP contribution < -0.4 is 11.2 Å². The van der Waals surface area contributed by atoms with Crippen molar-refractivity contribution in [2.24, 2.45) is 0 Å². The summed E-state index contributed by atoms with van der Waals surface area (Å²) >= 11 is 0. The number of carbonyl (C=O) groups excluding carboxylic acids is 1. The van der Waals surface area contributed by atoms with Crippen LogP contribution in [0.15, 0.2) is 52.2 Å². The number of aromatic amines is 1. The maximum Gasteiger partial charge on any atom is 0.338 e. The van der Waals surface area contributed by atoms with E-state index < -0.39 is 41.8 Å². The van der Waals surface area contributed by atoms with Crippen LogP contribution in [-0.4, -0.2) is 38.9 Å². The summed E-state index contributed by atoms with van der Waals surface area (Å²) in [6.45, 7) is 1.62. The molecule has 2 aromatic rings. The van der Waals surface area contributed by atoms with Gasteiger partial charge in [-0.05, 0) is 19.1 Å². The Labute approximate surface area is 142 Å². The lowest BCUT2D eigenvalue weighted by Crippen LogP contribution is -2.36. The molecule has 2 heterocycles. The van der Waals surface area contributed by atoms with Gasteiger partial charge in [-0.15, -0.1) is 0 Å². The first-order valence-electron chi connectivity index (χ1n) is 7.87. The molecule has 0 spiro atoms. The highest BCUT2D eigenvalue weighted by molar-refractivity contribution is 5.89. The molecule has 1 aromatic carbocycles. The van der Waals surface area contributed by atoms with E-state index in [1.54, 1.807) is 37.3 Å². The second kappa shape index (κ2) is 7.04. The van der Waals surface area contributed by atoms with Gasteiger partial charge in [0.25, 0.3) is 5.56 Å². The number of H-pyrrole nitrogens is 1. The molecule has 3 rings (SSSR count). The van der Waals surface area contributed by atoms with E-state index in [4.69, 9.17) is 9.47 Å². The van der Waals surface area contributed by atoms with Crippen molar-refractivity contribution in [1.29, 1.82) is 0 Å². The summed E-state index contributed by atoms with van der Waals surface area (Å²) in [6, 6.07) is 9.69. The molecule has 1 unspecified atom stereocenters. The molecule has 1 aliphatic rings. The number of hydrogen-bond acceptors (Lipinski definition) is 6. The highest BCUT2D eigenvalue weighted by Gasteiger charge is 2.40. The second-order valence-corrected chi connectivity index (χ2v) is 5.85. The minimum absolute atomic E-state index is 0.143.